The van der Waals surface area contributed by atoms with Gasteiger partial charge in [-0.2, -0.15) is 0 Å². The van der Waals surface area contributed by atoms with Crippen molar-refractivity contribution in [2.45, 2.75) is 38.1 Å². The van der Waals surface area contributed by atoms with Gasteiger partial charge in [-0.15, -0.1) is 0 Å². The maximum Gasteiger partial charge on any atom is 0.273 e. The predicted molar refractivity (Wildman–Crippen MR) is 70.9 cm³/mol. The van der Waals surface area contributed by atoms with E-state index in [1.54, 1.807) is 6.20 Å². The average Bonchev–Trinajstić information content (AvgIpc) is 2.39. The summed E-state index contributed by atoms with van der Waals surface area (Å²) in [5.74, 6) is 0.0179. The minimum atomic E-state index is 0.0179. The maximum atomic E-state index is 12.3. The van der Waals surface area contributed by atoms with E-state index in [-0.39, 0.29) is 5.91 Å². The van der Waals surface area contributed by atoms with Gasteiger partial charge in [0.05, 0.1) is 0 Å². The molecule has 1 fully saturated rings. The van der Waals surface area contributed by atoms with Crippen molar-refractivity contribution in [1.29, 1.82) is 0 Å². The molecule has 0 unspecified atom stereocenters. The standard InChI is InChI=1S/C13H17BrN2O/c1-16(10-6-3-2-4-7-10)13(17)12-11(14)8-5-9-15-12/h5,8-10H,2-4,6-7H2,1H3. The molecule has 0 aromatic carbocycles. The molecule has 4 heteroatoms. The van der Waals surface area contributed by atoms with Crippen LogP contribution in [0, 0.1) is 0 Å². The number of carbonyl (C=O) groups is 1. The molecule has 17 heavy (non-hydrogen) atoms. The first kappa shape index (κ1) is 12.6. The molecule has 92 valence electrons. The van der Waals surface area contributed by atoms with E-state index in [9.17, 15) is 4.79 Å². The summed E-state index contributed by atoms with van der Waals surface area (Å²) in [5, 5.41) is 0. The van der Waals surface area contributed by atoms with Crippen LogP contribution < -0.4 is 0 Å². The summed E-state index contributed by atoms with van der Waals surface area (Å²) in [6.45, 7) is 0. The highest BCUT2D eigenvalue weighted by molar-refractivity contribution is 9.10. The van der Waals surface area contributed by atoms with Crippen molar-refractivity contribution >= 4 is 21.8 Å². The first-order valence-corrected chi connectivity index (χ1v) is 6.87. The molecule has 0 aliphatic heterocycles. The predicted octanol–water partition coefficient (Wildman–Crippen LogP) is 3.25. The molecule has 1 aliphatic rings. The molecule has 0 N–H and O–H groups in total. The summed E-state index contributed by atoms with van der Waals surface area (Å²) in [6.07, 6.45) is 7.65. The quantitative estimate of drug-likeness (QED) is 0.839. The number of hydrogen-bond donors (Lipinski definition) is 0. The third-order valence-corrected chi connectivity index (χ3v) is 4.04. The van der Waals surface area contributed by atoms with Crippen LogP contribution in [0.4, 0.5) is 0 Å². The number of hydrogen-bond acceptors (Lipinski definition) is 2. The smallest absolute Gasteiger partial charge is 0.273 e. The van der Waals surface area contributed by atoms with Crippen LogP contribution in [0.25, 0.3) is 0 Å². The SMILES string of the molecule is CN(C(=O)c1ncccc1Br)C1CCCCC1. The van der Waals surface area contributed by atoms with Gasteiger partial charge in [-0.25, -0.2) is 4.98 Å². The van der Waals surface area contributed by atoms with Crippen LogP contribution in [0.3, 0.4) is 0 Å². The molecular formula is C13H17BrN2O. The second-order valence-electron chi connectivity index (χ2n) is 4.54. The van der Waals surface area contributed by atoms with Crippen molar-refractivity contribution in [3.63, 3.8) is 0 Å². The van der Waals surface area contributed by atoms with E-state index in [0.717, 1.165) is 17.3 Å². The molecule has 1 aliphatic carbocycles. The third kappa shape index (κ3) is 2.86. The average molecular weight is 297 g/mol. The van der Waals surface area contributed by atoms with Crippen LogP contribution in [-0.4, -0.2) is 28.9 Å². The second kappa shape index (κ2) is 5.63. The molecule has 1 aromatic heterocycles. The Morgan fingerprint density at radius 1 is 1.41 bits per heavy atom. The van der Waals surface area contributed by atoms with Gasteiger partial charge in [0, 0.05) is 23.8 Å². The van der Waals surface area contributed by atoms with Gasteiger partial charge in [-0.3, -0.25) is 4.79 Å². The zero-order valence-electron chi connectivity index (χ0n) is 10.0. The van der Waals surface area contributed by atoms with E-state index in [2.05, 4.69) is 20.9 Å². The Labute approximate surface area is 110 Å². The highest BCUT2D eigenvalue weighted by Crippen LogP contribution is 2.24. The van der Waals surface area contributed by atoms with E-state index in [1.165, 1.54) is 19.3 Å². The number of rotatable bonds is 2. The van der Waals surface area contributed by atoms with Crippen molar-refractivity contribution in [3.8, 4) is 0 Å². The summed E-state index contributed by atoms with van der Waals surface area (Å²) in [4.78, 5) is 18.3. The molecular weight excluding hydrogens is 280 g/mol. The van der Waals surface area contributed by atoms with Gasteiger partial charge in [0.25, 0.3) is 5.91 Å². The minimum Gasteiger partial charge on any atom is -0.337 e. The van der Waals surface area contributed by atoms with E-state index < -0.39 is 0 Å². The number of nitrogens with zero attached hydrogens (tertiary/aromatic N) is 2. The first-order valence-electron chi connectivity index (χ1n) is 6.08. The van der Waals surface area contributed by atoms with Crippen molar-refractivity contribution in [1.82, 2.24) is 9.88 Å². The lowest BCUT2D eigenvalue weighted by Gasteiger charge is -2.31. The van der Waals surface area contributed by atoms with Gasteiger partial charge >= 0.3 is 0 Å². The van der Waals surface area contributed by atoms with E-state index in [4.69, 9.17) is 0 Å². The van der Waals surface area contributed by atoms with Crippen LogP contribution in [0.5, 0.6) is 0 Å². The number of pyridine rings is 1. The van der Waals surface area contributed by atoms with Crippen molar-refractivity contribution < 1.29 is 4.79 Å². The van der Waals surface area contributed by atoms with E-state index >= 15 is 0 Å². The molecule has 2 rings (SSSR count). The summed E-state index contributed by atoms with van der Waals surface area (Å²) in [5.41, 5.74) is 0.514. The Hall–Kier alpha value is -0.900. The van der Waals surface area contributed by atoms with Gasteiger partial charge in [0.15, 0.2) is 0 Å². The molecule has 1 saturated carbocycles. The van der Waals surface area contributed by atoms with Crippen LogP contribution in [-0.2, 0) is 0 Å². The van der Waals surface area contributed by atoms with Crippen molar-refractivity contribution in [3.05, 3.63) is 28.5 Å². The van der Waals surface area contributed by atoms with Gasteiger partial charge in [0.2, 0.25) is 0 Å². The van der Waals surface area contributed by atoms with Crippen molar-refractivity contribution in [2.24, 2.45) is 0 Å². The van der Waals surface area contributed by atoms with E-state index in [1.807, 2.05) is 24.1 Å². The van der Waals surface area contributed by atoms with Crippen LogP contribution in [0.15, 0.2) is 22.8 Å². The summed E-state index contributed by atoms with van der Waals surface area (Å²) >= 11 is 3.38. The Morgan fingerprint density at radius 3 is 2.76 bits per heavy atom. The number of amides is 1. The Balaban J connectivity index is 2.11. The van der Waals surface area contributed by atoms with Crippen molar-refractivity contribution in [2.75, 3.05) is 7.05 Å². The number of aromatic nitrogens is 1. The zero-order valence-corrected chi connectivity index (χ0v) is 11.6. The minimum absolute atomic E-state index is 0.0179. The molecule has 0 spiro atoms. The summed E-state index contributed by atoms with van der Waals surface area (Å²) < 4.78 is 0.771. The number of halogens is 1. The van der Waals surface area contributed by atoms with Gasteiger partial charge < -0.3 is 4.90 Å². The van der Waals surface area contributed by atoms with Crippen LogP contribution in [0.1, 0.15) is 42.6 Å². The number of carbonyl (C=O) groups excluding carboxylic acids is 1. The Kier molecular flexibility index (Phi) is 4.15. The third-order valence-electron chi connectivity index (χ3n) is 3.40. The van der Waals surface area contributed by atoms with E-state index in [0.29, 0.717) is 11.7 Å². The molecule has 1 aromatic rings. The fourth-order valence-electron chi connectivity index (χ4n) is 2.34. The highest BCUT2D eigenvalue weighted by Gasteiger charge is 2.24. The molecule has 0 bridgehead atoms. The molecule has 0 atom stereocenters. The Bertz CT molecular complexity index is 402. The largest absolute Gasteiger partial charge is 0.337 e. The second-order valence-corrected chi connectivity index (χ2v) is 5.40. The molecule has 0 radical (unpaired) electrons. The summed E-state index contributed by atoms with van der Waals surface area (Å²) in [6, 6.07) is 4.06. The lowest BCUT2D eigenvalue weighted by Crippen LogP contribution is -2.38. The molecule has 3 nitrogen and oxygen atoms in total. The van der Waals surface area contributed by atoms with Gasteiger partial charge in [-0.1, -0.05) is 19.3 Å². The normalized spacial score (nSPS) is 16.8. The molecule has 1 amide bonds. The van der Waals surface area contributed by atoms with Crippen LogP contribution in [0.2, 0.25) is 0 Å². The van der Waals surface area contributed by atoms with Gasteiger partial charge in [0.1, 0.15) is 5.69 Å². The van der Waals surface area contributed by atoms with Crippen LogP contribution >= 0.6 is 15.9 Å². The zero-order chi connectivity index (χ0) is 12.3. The highest BCUT2D eigenvalue weighted by atomic mass is 79.9. The lowest BCUT2D eigenvalue weighted by molar-refractivity contribution is 0.0689. The molecule has 1 heterocycles. The topological polar surface area (TPSA) is 33.2 Å². The monoisotopic (exact) mass is 296 g/mol. The van der Waals surface area contributed by atoms with Gasteiger partial charge in [-0.05, 0) is 40.9 Å². The fourth-order valence-corrected chi connectivity index (χ4v) is 2.77. The first-order chi connectivity index (χ1) is 8.20. The Morgan fingerprint density at radius 2 is 2.12 bits per heavy atom. The maximum absolute atomic E-state index is 12.3. The fraction of sp³-hybridized carbons (Fsp3) is 0.538. The lowest BCUT2D eigenvalue weighted by atomic mass is 9.94. The summed E-state index contributed by atoms with van der Waals surface area (Å²) in [7, 11) is 1.89. The molecule has 0 saturated heterocycles.